The Labute approximate surface area is 141 Å². The third kappa shape index (κ3) is 3.50. The summed E-state index contributed by atoms with van der Waals surface area (Å²) in [6, 6.07) is 5.43. The normalized spacial score (nSPS) is 15.7. The number of nitrogens with one attached hydrogen (secondary N) is 1. The van der Waals surface area contributed by atoms with E-state index >= 15 is 0 Å². The van der Waals surface area contributed by atoms with E-state index in [0.717, 1.165) is 24.3 Å². The van der Waals surface area contributed by atoms with E-state index in [1.807, 2.05) is 32.3 Å². The molecular formula is C17H21ClN4O. The van der Waals surface area contributed by atoms with Crippen LogP contribution in [0.2, 0.25) is 5.02 Å². The van der Waals surface area contributed by atoms with Crippen molar-refractivity contribution in [2.45, 2.75) is 25.8 Å². The molecule has 0 unspecified atom stereocenters. The van der Waals surface area contributed by atoms with E-state index in [4.69, 9.17) is 11.6 Å². The van der Waals surface area contributed by atoms with Crippen molar-refractivity contribution in [2.75, 3.05) is 18.0 Å². The zero-order valence-corrected chi connectivity index (χ0v) is 14.2. The molecule has 1 amide bonds. The molecule has 0 saturated carbocycles. The van der Waals surface area contributed by atoms with E-state index < -0.39 is 0 Å². The molecule has 1 saturated heterocycles. The molecule has 3 rings (SSSR count). The average molecular weight is 333 g/mol. The summed E-state index contributed by atoms with van der Waals surface area (Å²) in [5.74, 6) is -0.128. The average Bonchev–Trinajstić information content (AvgIpc) is 3.18. The third-order valence-electron chi connectivity index (χ3n) is 4.23. The second-order valence-corrected chi connectivity index (χ2v) is 6.41. The molecule has 1 fully saturated rings. The molecule has 1 N–H and O–H groups in total. The highest BCUT2D eigenvalue weighted by Crippen LogP contribution is 2.29. The Morgan fingerprint density at radius 1 is 1.35 bits per heavy atom. The van der Waals surface area contributed by atoms with E-state index in [2.05, 4.69) is 15.3 Å². The van der Waals surface area contributed by atoms with Gasteiger partial charge in [-0.1, -0.05) is 11.6 Å². The van der Waals surface area contributed by atoms with E-state index in [0.29, 0.717) is 10.6 Å². The Morgan fingerprint density at radius 3 is 2.70 bits per heavy atom. The van der Waals surface area contributed by atoms with Crippen molar-refractivity contribution in [3.63, 3.8) is 0 Å². The van der Waals surface area contributed by atoms with Crippen LogP contribution in [-0.4, -0.2) is 28.8 Å². The molecule has 1 atom stereocenters. The number of aromatic nitrogens is 2. The smallest absolute Gasteiger partial charge is 0.251 e. The molecule has 6 heteroatoms. The van der Waals surface area contributed by atoms with Gasteiger partial charge in [-0.2, -0.15) is 5.10 Å². The molecule has 1 aromatic heterocycles. The van der Waals surface area contributed by atoms with Gasteiger partial charge in [0.05, 0.1) is 22.9 Å². The van der Waals surface area contributed by atoms with Crippen molar-refractivity contribution in [1.82, 2.24) is 15.1 Å². The van der Waals surface area contributed by atoms with Gasteiger partial charge in [0.2, 0.25) is 0 Å². The van der Waals surface area contributed by atoms with Crippen molar-refractivity contribution in [3.05, 3.63) is 46.7 Å². The maximum absolute atomic E-state index is 12.4. The van der Waals surface area contributed by atoms with Crippen LogP contribution < -0.4 is 10.2 Å². The molecule has 1 aromatic carbocycles. The van der Waals surface area contributed by atoms with Gasteiger partial charge in [0, 0.05) is 37.5 Å². The topological polar surface area (TPSA) is 50.2 Å². The summed E-state index contributed by atoms with van der Waals surface area (Å²) in [5, 5.41) is 7.74. The Morgan fingerprint density at radius 2 is 2.09 bits per heavy atom. The first-order valence-corrected chi connectivity index (χ1v) is 8.26. The van der Waals surface area contributed by atoms with Gasteiger partial charge in [0.1, 0.15) is 0 Å². The lowest BCUT2D eigenvalue weighted by Gasteiger charge is -2.20. The van der Waals surface area contributed by atoms with Gasteiger partial charge in [-0.05, 0) is 38.0 Å². The number of aryl methyl sites for hydroxylation is 1. The molecule has 122 valence electrons. The Bertz CT molecular complexity index is 706. The highest BCUT2D eigenvalue weighted by Gasteiger charge is 2.18. The first-order valence-electron chi connectivity index (χ1n) is 7.88. The van der Waals surface area contributed by atoms with Gasteiger partial charge >= 0.3 is 0 Å². The van der Waals surface area contributed by atoms with Crippen molar-refractivity contribution in [3.8, 4) is 0 Å². The van der Waals surface area contributed by atoms with E-state index in [1.54, 1.807) is 16.9 Å². The number of carbonyl (C=O) groups is 1. The molecule has 2 heterocycles. The number of hydrogen-bond acceptors (Lipinski definition) is 3. The van der Waals surface area contributed by atoms with Crippen LogP contribution in [0.25, 0.3) is 0 Å². The van der Waals surface area contributed by atoms with E-state index in [9.17, 15) is 4.79 Å². The maximum atomic E-state index is 12.4. The molecule has 0 spiro atoms. The number of carbonyl (C=O) groups excluding carboxylic acids is 1. The molecular weight excluding hydrogens is 312 g/mol. The lowest BCUT2D eigenvalue weighted by Crippen LogP contribution is -2.26. The molecule has 23 heavy (non-hydrogen) atoms. The number of amides is 1. The number of rotatable bonds is 4. The number of benzene rings is 1. The summed E-state index contributed by atoms with van der Waals surface area (Å²) in [6.45, 7) is 4.00. The summed E-state index contributed by atoms with van der Waals surface area (Å²) >= 11 is 6.38. The van der Waals surface area contributed by atoms with Crippen LogP contribution in [0.15, 0.2) is 30.6 Å². The van der Waals surface area contributed by atoms with Crippen LogP contribution in [0.3, 0.4) is 0 Å². The minimum absolute atomic E-state index is 0.103. The lowest BCUT2D eigenvalue weighted by molar-refractivity contribution is 0.0940. The van der Waals surface area contributed by atoms with Gasteiger partial charge in [0.15, 0.2) is 0 Å². The largest absolute Gasteiger partial charge is 0.370 e. The maximum Gasteiger partial charge on any atom is 0.251 e. The van der Waals surface area contributed by atoms with Crippen molar-refractivity contribution in [1.29, 1.82) is 0 Å². The minimum Gasteiger partial charge on any atom is -0.370 e. The zero-order chi connectivity index (χ0) is 16.4. The fourth-order valence-corrected chi connectivity index (χ4v) is 3.19. The second-order valence-electron chi connectivity index (χ2n) is 6.00. The van der Waals surface area contributed by atoms with Crippen LogP contribution in [0.1, 0.15) is 41.7 Å². The fraction of sp³-hybridized carbons (Fsp3) is 0.412. The van der Waals surface area contributed by atoms with Crippen LogP contribution in [0.5, 0.6) is 0 Å². The molecule has 0 bridgehead atoms. The molecule has 5 nitrogen and oxygen atoms in total. The first-order chi connectivity index (χ1) is 11.0. The van der Waals surface area contributed by atoms with Crippen molar-refractivity contribution < 1.29 is 4.79 Å². The van der Waals surface area contributed by atoms with Crippen LogP contribution in [-0.2, 0) is 7.05 Å². The predicted octanol–water partition coefficient (Wildman–Crippen LogP) is 3.16. The Hall–Kier alpha value is -2.01. The van der Waals surface area contributed by atoms with E-state index in [-0.39, 0.29) is 11.9 Å². The van der Waals surface area contributed by atoms with Crippen LogP contribution >= 0.6 is 11.6 Å². The van der Waals surface area contributed by atoms with E-state index in [1.165, 1.54) is 12.8 Å². The van der Waals surface area contributed by atoms with Crippen LogP contribution in [0.4, 0.5) is 5.69 Å². The number of hydrogen-bond donors (Lipinski definition) is 1. The summed E-state index contributed by atoms with van der Waals surface area (Å²) in [4.78, 5) is 14.7. The highest BCUT2D eigenvalue weighted by molar-refractivity contribution is 6.33. The zero-order valence-electron chi connectivity index (χ0n) is 13.4. The number of anilines is 1. The number of nitrogens with zero attached hydrogens (tertiary/aromatic N) is 3. The van der Waals surface area contributed by atoms with Gasteiger partial charge in [-0.3, -0.25) is 9.48 Å². The standard InChI is InChI=1S/C17H21ClN4O/c1-12(14-10-19-21(2)11-14)20-17(23)13-5-6-16(15(18)9-13)22-7-3-4-8-22/h5-6,9-12H,3-4,7-8H2,1-2H3,(H,20,23)/t12-/m0/s1. The highest BCUT2D eigenvalue weighted by atomic mass is 35.5. The monoisotopic (exact) mass is 332 g/mol. The second kappa shape index (κ2) is 6.62. The minimum atomic E-state index is -0.128. The molecule has 1 aliphatic heterocycles. The fourth-order valence-electron chi connectivity index (χ4n) is 2.89. The van der Waals surface area contributed by atoms with Gasteiger partial charge in [0.25, 0.3) is 5.91 Å². The summed E-state index contributed by atoms with van der Waals surface area (Å²) < 4.78 is 1.72. The van der Waals surface area contributed by atoms with Gasteiger partial charge in [-0.15, -0.1) is 0 Å². The molecule has 1 aliphatic rings. The Kier molecular flexibility index (Phi) is 4.57. The van der Waals surface area contributed by atoms with Gasteiger partial charge in [-0.25, -0.2) is 0 Å². The van der Waals surface area contributed by atoms with Crippen molar-refractivity contribution in [2.24, 2.45) is 7.05 Å². The predicted molar refractivity (Wildman–Crippen MR) is 92.0 cm³/mol. The van der Waals surface area contributed by atoms with Crippen LogP contribution in [0, 0.1) is 0 Å². The summed E-state index contributed by atoms with van der Waals surface area (Å²) in [6.07, 6.45) is 6.05. The molecule has 2 aromatic rings. The first kappa shape index (κ1) is 15.9. The number of halogens is 1. The molecule has 0 aliphatic carbocycles. The summed E-state index contributed by atoms with van der Waals surface area (Å²) in [7, 11) is 1.86. The SMILES string of the molecule is C[C@H](NC(=O)c1ccc(N2CCCC2)c(Cl)c1)c1cnn(C)c1. The lowest BCUT2D eigenvalue weighted by atomic mass is 10.1. The summed E-state index contributed by atoms with van der Waals surface area (Å²) in [5.41, 5.74) is 2.57. The quantitative estimate of drug-likeness (QED) is 0.935. The van der Waals surface area contributed by atoms with Crippen molar-refractivity contribution >= 4 is 23.2 Å². The third-order valence-corrected chi connectivity index (χ3v) is 4.53. The Balaban J connectivity index is 1.71. The molecule has 0 radical (unpaired) electrons. The van der Waals surface area contributed by atoms with Gasteiger partial charge < -0.3 is 10.2 Å².